The van der Waals surface area contributed by atoms with E-state index in [1.807, 2.05) is 19.0 Å². The molecule has 0 aromatic heterocycles. The van der Waals surface area contributed by atoms with Gasteiger partial charge in [0, 0.05) is 14.2 Å². The molecule has 0 aliphatic carbocycles. The molecule has 0 saturated heterocycles. The summed E-state index contributed by atoms with van der Waals surface area (Å²) in [6.07, 6.45) is 1.52. The number of ether oxygens (including phenoxy) is 4. The lowest BCUT2D eigenvalue weighted by Gasteiger charge is -2.21. The number of hydrogen-bond acceptors (Lipinski definition) is 5. The third kappa shape index (κ3) is 8.26. The first-order valence-electron chi connectivity index (χ1n) is 5.36. The van der Waals surface area contributed by atoms with Crippen molar-refractivity contribution in [2.45, 2.75) is 5.50 Å². The smallest absolute Gasteiger partial charge is 0.163 e. The van der Waals surface area contributed by atoms with Gasteiger partial charge in [-0.15, -0.1) is 0 Å². The molecule has 0 heterocycles. The molecule has 0 radical (unpaired) electrons. The van der Waals surface area contributed by atoms with Crippen molar-refractivity contribution in [2.75, 3.05) is 54.7 Å². The Morgan fingerprint density at radius 2 is 1.71 bits per heavy atom. The van der Waals surface area contributed by atoms with Gasteiger partial charge in [-0.25, -0.2) is 0 Å². The molecule has 0 spiro atoms. The Morgan fingerprint density at radius 1 is 1.12 bits per heavy atom. The summed E-state index contributed by atoms with van der Waals surface area (Å²) >= 11 is 6.15. The molecular weight excluding hydrogens is 246 g/mol. The molecule has 0 fully saturated rings. The number of nitrogens with zero attached hydrogens (tertiary/aromatic N) is 1. The molecule has 1 atom stereocenters. The van der Waals surface area contributed by atoms with Crippen LogP contribution in [0.5, 0.6) is 0 Å². The average Bonchev–Trinajstić information content (AvgIpc) is 2.31. The van der Waals surface area contributed by atoms with Crippen molar-refractivity contribution in [3.8, 4) is 0 Å². The van der Waals surface area contributed by atoms with Gasteiger partial charge in [-0.1, -0.05) is 11.6 Å². The lowest BCUT2D eigenvalue weighted by molar-refractivity contribution is 0.0817. The summed E-state index contributed by atoms with van der Waals surface area (Å²) in [4.78, 5) is 1.82. The number of hydrogen-bond donors (Lipinski definition) is 0. The Balaban J connectivity index is 4.17. The van der Waals surface area contributed by atoms with Crippen LogP contribution < -0.4 is 0 Å². The standard InChI is InChI=1S/C11H22ClNO4/c1-13(2)11(12)10(17-8-6-15-4)9-16-7-5-14-3/h9,11H,5-8H2,1-4H3/b10-9+. The summed E-state index contributed by atoms with van der Waals surface area (Å²) in [7, 11) is 6.96. The SMILES string of the molecule is COCCO/C=C(/OCCOC)C(Cl)N(C)C. The Labute approximate surface area is 108 Å². The second-order valence-electron chi connectivity index (χ2n) is 3.52. The van der Waals surface area contributed by atoms with Gasteiger partial charge in [0.1, 0.15) is 25.0 Å². The number of likely N-dealkylation sites (N-methyl/N-ethyl adjacent to an activating group) is 1. The van der Waals surface area contributed by atoms with E-state index in [-0.39, 0.29) is 5.50 Å². The second kappa shape index (κ2) is 10.7. The number of methoxy groups -OCH3 is 2. The van der Waals surface area contributed by atoms with Gasteiger partial charge in [-0.3, -0.25) is 4.90 Å². The molecule has 0 aromatic carbocycles. The molecule has 0 aliphatic rings. The first-order chi connectivity index (χ1) is 8.13. The maximum Gasteiger partial charge on any atom is 0.163 e. The van der Waals surface area contributed by atoms with E-state index in [0.717, 1.165) is 0 Å². The highest BCUT2D eigenvalue weighted by molar-refractivity contribution is 6.21. The van der Waals surface area contributed by atoms with Gasteiger partial charge < -0.3 is 18.9 Å². The molecule has 0 bridgehead atoms. The van der Waals surface area contributed by atoms with E-state index < -0.39 is 0 Å². The van der Waals surface area contributed by atoms with E-state index in [2.05, 4.69) is 0 Å². The van der Waals surface area contributed by atoms with E-state index >= 15 is 0 Å². The maximum atomic E-state index is 6.15. The topological polar surface area (TPSA) is 40.2 Å². The molecule has 0 rings (SSSR count). The van der Waals surface area contributed by atoms with E-state index in [1.54, 1.807) is 14.2 Å². The molecule has 0 aliphatic heterocycles. The molecular formula is C11H22ClNO4. The van der Waals surface area contributed by atoms with Crippen LogP contribution in [0.3, 0.4) is 0 Å². The largest absolute Gasteiger partial charge is 0.495 e. The van der Waals surface area contributed by atoms with E-state index in [4.69, 9.17) is 30.5 Å². The molecule has 6 heteroatoms. The predicted octanol–water partition coefficient (Wildman–Crippen LogP) is 1.28. The van der Waals surface area contributed by atoms with Gasteiger partial charge in [0.15, 0.2) is 5.76 Å². The van der Waals surface area contributed by atoms with Crippen LogP contribution in [-0.4, -0.2) is 65.1 Å². The fourth-order valence-corrected chi connectivity index (χ4v) is 1.04. The summed E-state index contributed by atoms with van der Waals surface area (Å²) < 4.78 is 20.5. The van der Waals surface area contributed by atoms with Crippen LogP contribution >= 0.6 is 11.6 Å². The first kappa shape index (κ1) is 16.5. The molecule has 102 valence electrons. The minimum Gasteiger partial charge on any atom is -0.495 e. The number of halogens is 1. The van der Waals surface area contributed by atoms with Crippen molar-refractivity contribution in [2.24, 2.45) is 0 Å². The van der Waals surface area contributed by atoms with Crippen LogP contribution in [0.25, 0.3) is 0 Å². The summed E-state index contributed by atoms with van der Waals surface area (Å²) in [6.45, 7) is 1.93. The van der Waals surface area contributed by atoms with Crippen LogP contribution in [-0.2, 0) is 18.9 Å². The predicted molar refractivity (Wildman–Crippen MR) is 67.1 cm³/mol. The summed E-state index contributed by atoms with van der Waals surface area (Å²) in [5, 5.41) is 0. The van der Waals surface area contributed by atoms with Crippen molar-refractivity contribution < 1.29 is 18.9 Å². The van der Waals surface area contributed by atoms with Crippen molar-refractivity contribution in [1.29, 1.82) is 0 Å². The van der Waals surface area contributed by atoms with Crippen LogP contribution in [0, 0.1) is 0 Å². The van der Waals surface area contributed by atoms with Gasteiger partial charge in [-0.05, 0) is 14.1 Å². The first-order valence-corrected chi connectivity index (χ1v) is 5.80. The number of alkyl halides is 1. The minimum atomic E-state index is -0.366. The quantitative estimate of drug-likeness (QED) is 0.258. The van der Waals surface area contributed by atoms with Gasteiger partial charge in [0.2, 0.25) is 0 Å². The summed E-state index contributed by atoms with van der Waals surface area (Å²) in [5.74, 6) is 0.560. The Hall–Kier alpha value is -0.490. The molecule has 17 heavy (non-hydrogen) atoms. The van der Waals surface area contributed by atoms with E-state index in [9.17, 15) is 0 Å². The molecule has 0 amide bonds. The highest BCUT2D eigenvalue weighted by Crippen LogP contribution is 2.14. The fraction of sp³-hybridized carbons (Fsp3) is 0.818. The average molecular weight is 268 g/mol. The Morgan fingerprint density at radius 3 is 2.24 bits per heavy atom. The van der Waals surface area contributed by atoms with E-state index in [0.29, 0.717) is 32.2 Å². The fourth-order valence-electron chi connectivity index (χ4n) is 0.929. The highest BCUT2D eigenvalue weighted by atomic mass is 35.5. The normalized spacial score (nSPS) is 13.9. The molecule has 5 nitrogen and oxygen atoms in total. The summed E-state index contributed by atoms with van der Waals surface area (Å²) in [6, 6.07) is 0. The van der Waals surface area contributed by atoms with Gasteiger partial charge >= 0.3 is 0 Å². The number of rotatable bonds is 10. The van der Waals surface area contributed by atoms with Crippen molar-refractivity contribution in [1.82, 2.24) is 4.90 Å². The van der Waals surface area contributed by atoms with Crippen molar-refractivity contribution in [3.05, 3.63) is 12.0 Å². The summed E-state index contributed by atoms with van der Waals surface area (Å²) in [5.41, 5.74) is -0.366. The van der Waals surface area contributed by atoms with Crippen LogP contribution in [0.1, 0.15) is 0 Å². The third-order valence-electron chi connectivity index (χ3n) is 1.85. The van der Waals surface area contributed by atoms with Crippen LogP contribution in [0.2, 0.25) is 0 Å². The molecule has 0 N–H and O–H groups in total. The zero-order valence-electron chi connectivity index (χ0n) is 10.9. The third-order valence-corrected chi connectivity index (χ3v) is 2.45. The zero-order chi connectivity index (χ0) is 13.1. The van der Waals surface area contributed by atoms with Gasteiger partial charge in [0.05, 0.1) is 13.2 Å². The monoisotopic (exact) mass is 267 g/mol. The van der Waals surface area contributed by atoms with Gasteiger partial charge in [0.25, 0.3) is 0 Å². The highest BCUT2D eigenvalue weighted by Gasteiger charge is 2.15. The molecule has 0 aromatic rings. The van der Waals surface area contributed by atoms with Crippen molar-refractivity contribution >= 4 is 11.6 Å². The van der Waals surface area contributed by atoms with Crippen LogP contribution in [0.4, 0.5) is 0 Å². The van der Waals surface area contributed by atoms with Gasteiger partial charge in [-0.2, -0.15) is 0 Å². The molecule has 0 saturated carbocycles. The second-order valence-corrected chi connectivity index (χ2v) is 3.94. The maximum absolute atomic E-state index is 6.15. The van der Waals surface area contributed by atoms with Crippen LogP contribution in [0.15, 0.2) is 12.0 Å². The Kier molecular flexibility index (Phi) is 10.3. The molecule has 1 unspecified atom stereocenters. The van der Waals surface area contributed by atoms with E-state index in [1.165, 1.54) is 6.26 Å². The minimum absolute atomic E-state index is 0.366. The van der Waals surface area contributed by atoms with Crippen molar-refractivity contribution in [3.63, 3.8) is 0 Å². The zero-order valence-corrected chi connectivity index (χ0v) is 11.7. The lowest BCUT2D eigenvalue weighted by Crippen LogP contribution is -2.26. The Bertz CT molecular complexity index is 212. The lowest BCUT2D eigenvalue weighted by atomic mass is 10.5.